The standard InChI is InChI=1S/C18H18N2O6/c1-10(21)12-4-6-13(7-5-12)14-8-9-15(26-14)17(23)25-11(2)16(22)20-18(24)19-3/h4-9,11H,1-3H3,(H2,19,20,22,24)/t11-/m0/s1. The van der Waals surface area contributed by atoms with Crippen LogP contribution in [0.2, 0.25) is 0 Å². The van der Waals surface area contributed by atoms with Crippen molar-refractivity contribution in [2.24, 2.45) is 0 Å². The molecule has 1 aromatic heterocycles. The Morgan fingerprint density at radius 1 is 1.04 bits per heavy atom. The molecule has 0 aliphatic rings. The van der Waals surface area contributed by atoms with E-state index >= 15 is 0 Å². The first-order valence-corrected chi connectivity index (χ1v) is 7.76. The second-order valence-electron chi connectivity index (χ2n) is 5.41. The smallest absolute Gasteiger partial charge is 0.375 e. The molecular formula is C18H18N2O6. The third kappa shape index (κ3) is 4.56. The van der Waals surface area contributed by atoms with E-state index in [4.69, 9.17) is 9.15 Å². The predicted molar refractivity (Wildman–Crippen MR) is 91.6 cm³/mol. The van der Waals surface area contributed by atoms with E-state index in [1.54, 1.807) is 30.3 Å². The molecule has 8 heteroatoms. The summed E-state index contributed by atoms with van der Waals surface area (Å²) in [5, 5.41) is 4.22. The molecule has 3 amide bonds. The number of Topliss-reactive ketones (excluding diaryl/α,β-unsaturated/α-hetero) is 1. The Labute approximate surface area is 149 Å². The maximum absolute atomic E-state index is 12.1. The van der Waals surface area contributed by atoms with Crippen LogP contribution in [0, 0.1) is 0 Å². The molecule has 8 nitrogen and oxygen atoms in total. The highest BCUT2D eigenvalue weighted by Crippen LogP contribution is 2.23. The normalized spacial score (nSPS) is 11.3. The summed E-state index contributed by atoms with van der Waals surface area (Å²) in [6.07, 6.45) is -1.18. The Morgan fingerprint density at radius 2 is 1.69 bits per heavy atom. The number of benzene rings is 1. The second-order valence-corrected chi connectivity index (χ2v) is 5.41. The number of urea groups is 1. The van der Waals surface area contributed by atoms with Gasteiger partial charge in [0.1, 0.15) is 5.76 Å². The number of carbonyl (C=O) groups excluding carboxylic acids is 4. The molecule has 0 saturated heterocycles. The third-order valence-corrected chi connectivity index (χ3v) is 3.50. The molecule has 1 aromatic carbocycles. The minimum atomic E-state index is -1.18. The van der Waals surface area contributed by atoms with Crippen molar-refractivity contribution < 1.29 is 28.3 Å². The van der Waals surface area contributed by atoms with Crippen molar-refractivity contribution in [1.29, 1.82) is 0 Å². The number of hydrogen-bond acceptors (Lipinski definition) is 6. The number of carbonyl (C=O) groups is 4. The van der Waals surface area contributed by atoms with Crippen LogP contribution in [0.1, 0.15) is 34.8 Å². The summed E-state index contributed by atoms with van der Waals surface area (Å²) >= 11 is 0. The summed E-state index contributed by atoms with van der Waals surface area (Å²) in [4.78, 5) is 46.1. The number of hydrogen-bond donors (Lipinski definition) is 2. The van der Waals surface area contributed by atoms with Gasteiger partial charge in [0.2, 0.25) is 5.76 Å². The largest absolute Gasteiger partial charge is 0.449 e. The van der Waals surface area contributed by atoms with Crippen molar-refractivity contribution in [3.8, 4) is 11.3 Å². The quantitative estimate of drug-likeness (QED) is 0.625. The van der Waals surface area contributed by atoms with Gasteiger partial charge in [-0.05, 0) is 26.0 Å². The van der Waals surface area contributed by atoms with Crippen molar-refractivity contribution in [3.05, 3.63) is 47.7 Å². The molecule has 0 spiro atoms. The minimum absolute atomic E-state index is 0.0516. The van der Waals surface area contributed by atoms with E-state index in [9.17, 15) is 19.2 Å². The average Bonchev–Trinajstić information content (AvgIpc) is 3.11. The zero-order valence-electron chi connectivity index (χ0n) is 14.5. The highest BCUT2D eigenvalue weighted by atomic mass is 16.6. The van der Waals surface area contributed by atoms with Crippen LogP contribution in [0.15, 0.2) is 40.8 Å². The third-order valence-electron chi connectivity index (χ3n) is 3.50. The van der Waals surface area contributed by atoms with Crippen LogP contribution >= 0.6 is 0 Å². The Bertz CT molecular complexity index is 838. The predicted octanol–water partition coefficient (Wildman–Crippen LogP) is 2.15. The van der Waals surface area contributed by atoms with E-state index in [1.807, 2.05) is 5.32 Å². The molecule has 0 aliphatic carbocycles. The summed E-state index contributed by atoms with van der Waals surface area (Å²) in [5.41, 5.74) is 1.25. The lowest BCUT2D eigenvalue weighted by Crippen LogP contribution is -2.43. The number of imide groups is 1. The molecule has 1 heterocycles. The fourth-order valence-electron chi connectivity index (χ4n) is 2.02. The van der Waals surface area contributed by atoms with Gasteiger partial charge in [0, 0.05) is 18.2 Å². The van der Waals surface area contributed by atoms with Gasteiger partial charge in [0.25, 0.3) is 5.91 Å². The molecule has 0 fully saturated rings. The van der Waals surface area contributed by atoms with Gasteiger partial charge >= 0.3 is 12.0 Å². The van der Waals surface area contributed by atoms with Crippen LogP contribution < -0.4 is 10.6 Å². The van der Waals surface area contributed by atoms with Crippen molar-refractivity contribution in [2.45, 2.75) is 20.0 Å². The molecule has 136 valence electrons. The van der Waals surface area contributed by atoms with Crippen molar-refractivity contribution >= 4 is 23.7 Å². The van der Waals surface area contributed by atoms with Gasteiger partial charge in [-0.15, -0.1) is 0 Å². The molecule has 0 bridgehead atoms. The van der Waals surface area contributed by atoms with Crippen molar-refractivity contribution in [2.75, 3.05) is 7.05 Å². The number of amides is 3. The number of furan rings is 1. The van der Waals surface area contributed by atoms with Gasteiger partial charge in [-0.2, -0.15) is 0 Å². The zero-order valence-corrected chi connectivity index (χ0v) is 14.5. The number of rotatable bonds is 5. The van der Waals surface area contributed by atoms with Gasteiger partial charge < -0.3 is 14.5 Å². The first kappa shape index (κ1) is 18.9. The fourth-order valence-corrected chi connectivity index (χ4v) is 2.02. The van der Waals surface area contributed by atoms with Crippen LogP contribution in [-0.4, -0.2) is 36.8 Å². The molecule has 0 saturated carbocycles. The van der Waals surface area contributed by atoms with Gasteiger partial charge in [-0.1, -0.05) is 24.3 Å². The molecule has 2 rings (SSSR count). The van der Waals surface area contributed by atoms with Gasteiger partial charge in [-0.3, -0.25) is 14.9 Å². The monoisotopic (exact) mass is 358 g/mol. The summed E-state index contributed by atoms with van der Waals surface area (Å²) in [6, 6.07) is 9.00. The molecule has 26 heavy (non-hydrogen) atoms. The average molecular weight is 358 g/mol. The molecule has 0 radical (unpaired) electrons. The molecule has 1 atom stereocenters. The van der Waals surface area contributed by atoms with Crippen LogP contribution in [0.5, 0.6) is 0 Å². The Hall–Kier alpha value is -3.42. The Kier molecular flexibility index (Phi) is 5.90. The van der Waals surface area contributed by atoms with E-state index in [2.05, 4.69) is 5.32 Å². The molecule has 2 N–H and O–H groups in total. The lowest BCUT2D eigenvalue weighted by Gasteiger charge is -2.11. The van der Waals surface area contributed by atoms with Crippen molar-refractivity contribution in [1.82, 2.24) is 10.6 Å². The maximum atomic E-state index is 12.1. The fraction of sp³-hybridized carbons (Fsp3) is 0.222. The lowest BCUT2D eigenvalue weighted by molar-refractivity contribution is -0.128. The van der Waals surface area contributed by atoms with Crippen molar-refractivity contribution in [3.63, 3.8) is 0 Å². The first-order chi connectivity index (χ1) is 12.3. The van der Waals surface area contributed by atoms with Crippen LogP contribution in [0.4, 0.5) is 4.79 Å². The number of ketones is 1. The minimum Gasteiger partial charge on any atom is -0.449 e. The molecule has 2 aromatic rings. The van der Waals surface area contributed by atoms with E-state index < -0.39 is 24.0 Å². The number of nitrogens with one attached hydrogen (secondary N) is 2. The summed E-state index contributed by atoms with van der Waals surface area (Å²) in [5.74, 6) is -1.32. The Morgan fingerprint density at radius 3 is 2.27 bits per heavy atom. The lowest BCUT2D eigenvalue weighted by atomic mass is 10.1. The topological polar surface area (TPSA) is 115 Å². The first-order valence-electron chi connectivity index (χ1n) is 7.76. The number of ether oxygens (including phenoxy) is 1. The summed E-state index contributed by atoms with van der Waals surface area (Å²) in [6.45, 7) is 2.80. The highest BCUT2D eigenvalue weighted by molar-refractivity contribution is 5.98. The van der Waals surface area contributed by atoms with Gasteiger partial charge in [0.05, 0.1) is 0 Å². The van der Waals surface area contributed by atoms with E-state index in [1.165, 1.54) is 27.0 Å². The Balaban J connectivity index is 2.04. The SMILES string of the molecule is CNC(=O)NC(=O)[C@H](C)OC(=O)c1ccc(-c2ccc(C(C)=O)cc2)o1. The van der Waals surface area contributed by atoms with Crippen LogP contribution in [0.3, 0.4) is 0 Å². The second kappa shape index (κ2) is 8.11. The maximum Gasteiger partial charge on any atom is 0.375 e. The van der Waals surface area contributed by atoms with Crippen LogP contribution in [0.25, 0.3) is 11.3 Å². The molecule has 0 aliphatic heterocycles. The van der Waals surface area contributed by atoms with E-state index in [0.29, 0.717) is 16.9 Å². The van der Waals surface area contributed by atoms with E-state index in [-0.39, 0.29) is 11.5 Å². The summed E-state index contributed by atoms with van der Waals surface area (Å²) < 4.78 is 10.4. The highest BCUT2D eigenvalue weighted by Gasteiger charge is 2.22. The zero-order chi connectivity index (χ0) is 19.3. The van der Waals surface area contributed by atoms with Gasteiger partial charge in [-0.25, -0.2) is 9.59 Å². The number of esters is 1. The van der Waals surface area contributed by atoms with Gasteiger partial charge in [0.15, 0.2) is 11.9 Å². The van der Waals surface area contributed by atoms with Crippen LogP contribution in [-0.2, 0) is 9.53 Å². The molecule has 0 unspecified atom stereocenters. The molecular weight excluding hydrogens is 340 g/mol. The van der Waals surface area contributed by atoms with E-state index in [0.717, 1.165) is 0 Å². The summed E-state index contributed by atoms with van der Waals surface area (Å²) in [7, 11) is 1.35.